The Morgan fingerprint density at radius 3 is 2.66 bits per heavy atom. The molecule has 0 aliphatic carbocycles. The Hall–Kier alpha value is -3.01. The number of nitrogens with zero attached hydrogens (tertiary/aromatic N) is 4. The van der Waals surface area contributed by atoms with Gasteiger partial charge in [-0.3, -0.25) is 9.69 Å². The Kier molecular flexibility index (Phi) is 7.12. The summed E-state index contributed by atoms with van der Waals surface area (Å²) in [5.74, 6) is 0.507. The topological polar surface area (TPSA) is 78.6 Å². The molecule has 0 N–H and O–H groups in total. The first-order valence-electron chi connectivity index (χ1n) is 12.9. The van der Waals surface area contributed by atoms with Crippen molar-refractivity contribution in [2.24, 2.45) is 5.92 Å². The van der Waals surface area contributed by atoms with E-state index in [1.807, 2.05) is 43.9 Å². The van der Waals surface area contributed by atoms with Crippen LogP contribution < -0.4 is 0 Å². The van der Waals surface area contributed by atoms with Gasteiger partial charge in [0.1, 0.15) is 11.6 Å². The van der Waals surface area contributed by atoms with E-state index in [-0.39, 0.29) is 18.0 Å². The van der Waals surface area contributed by atoms with E-state index in [9.17, 15) is 14.9 Å². The van der Waals surface area contributed by atoms with Gasteiger partial charge in [0.05, 0.1) is 11.6 Å². The predicted molar refractivity (Wildman–Crippen MR) is 136 cm³/mol. The number of aromatic nitrogens is 1. The van der Waals surface area contributed by atoms with Gasteiger partial charge in [-0.25, -0.2) is 4.79 Å². The van der Waals surface area contributed by atoms with Crippen molar-refractivity contribution in [3.8, 4) is 6.07 Å². The number of likely N-dealkylation sites (tertiary alicyclic amines) is 2. The van der Waals surface area contributed by atoms with Crippen LogP contribution >= 0.6 is 0 Å². The van der Waals surface area contributed by atoms with Crippen LogP contribution in [0.2, 0.25) is 0 Å². The van der Waals surface area contributed by atoms with Crippen molar-refractivity contribution >= 4 is 22.9 Å². The van der Waals surface area contributed by atoms with Gasteiger partial charge in [0.15, 0.2) is 0 Å². The average Bonchev–Trinajstić information content (AvgIpc) is 3.51. The van der Waals surface area contributed by atoms with E-state index < -0.39 is 11.6 Å². The molecule has 2 aromatic rings. The van der Waals surface area contributed by atoms with Crippen molar-refractivity contribution in [1.29, 1.82) is 5.26 Å². The fourth-order valence-corrected chi connectivity index (χ4v) is 5.72. The summed E-state index contributed by atoms with van der Waals surface area (Å²) in [6.45, 7) is 12.0. The molecule has 7 nitrogen and oxygen atoms in total. The molecule has 2 amide bonds. The quantitative estimate of drug-likeness (QED) is 0.599. The zero-order valence-corrected chi connectivity index (χ0v) is 21.7. The number of nitriles is 1. The molecule has 0 unspecified atom stereocenters. The number of fused-ring (bicyclic) bond motifs is 1. The van der Waals surface area contributed by atoms with Gasteiger partial charge in [-0.15, -0.1) is 0 Å². The third-order valence-electron chi connectivity index (χ3n) is 7.24. The maximum atomic E-state index is 13.7. The minimum absolute atomic E-state index is 0.0670. The van der Waals surface area contributed by atoms with Crippen LogP contribution in [0.5, 0.6) is 0 Å². The van der Waals surface area contributed by atoms with E-state index in [1.165, 1.54) is 5.69 Å². The SMILES string of the molecule is CCn1c(CC[C@H]2C[C@H](C)CN2C(=O)[C@H]2CCCN2C(=O)OC(C)(C)C)cc2ccc(C#N)cc21. The third kappa shape index (κ3) is 5.32. The molecule has 4 rings (SSSR count). The van der Waals surface area contributed by atoms with Gasteiger partial charge in [-0.2, -0.15) is 5.26 Å². The average molecular weight is 479 g/mol. The molecule has 0 radical (unpaired) electrons. The second kappa shape index (κ2) is 9.93. The van der Waals surface area contributed by atoms with E-state index in [0.29, 0.717) is 24.4 Å². The molecule has 0 spiro atoms. The van der Waals surface area contributed by atoms with Crippen LogP contribution in [-0.2, 0) is 22.5 Å². The molecule has 2 aliphatic heterocycles. The number of aryl methyl sites for hydroxylation is 2. The van der Waals surface area contributed by atoms with Crippen LogP contribution in [0, 0.1) is 17.2 Å². The highest BCUT2D eigenvalue weighted by Gasteiger charge is 2.42. The largest absolute Gasteiger partial charge is 0.444 e. The Bertz CT molecular complexity index is 1140. The van der Waals surface area contributed by atoms with Crippen molar-refractivity contribution in [1.82, 2.24) is 14.4 Å². The molecule has 2 aliphatic rings. The minimum atomic E-state index is -0.580. The van der Waals surface area contributed by atoms with Crippen LogP contribution in [0.15, 0.2) is 24.3 Å². The number of rotatable bonds is 5. The molecule has 7 heteroatoms. The third-order valence-corrected chi connectivity index (χ3v) is 7.24. The highest BCUT2D eigenvalue weighted by molar-refractivity contribution is 5.87. The van der Waals surface area contributed by atoms with Gasteiger partial charge >= 0.3 is 6.09 Å². The Morgan fingerprint density at radius 1 is 1.20 bits per heavy atom. The van der Waals surface area contributed by atoms with Crippen LogP contribution in [-0.4, -0.2) is 57.1 Å². The number of hydrogen-bond acceptors (Lipinski definition) is 4. The van der Waals surface area contributed by atoms with Gasteiger partial charge < -0.3 is 14.2 Å². The number of amides is 2. The lowest BCUT2D eigenvalue weighted by molar-refractivity contribution is -0.137. The molecule has 2 saturated heterocycles. The maximum absolute atomic E-state index is 13.7. The predicted octanol–water partition coefficient (Wildman–Crippen LogP) is 5.10. The summed E-state index contributed by atoms with van der Waals surface area (Å²) in [6, 6.07) is 10.0. The molecule has 3 atom stereocenters. The second-order valence-electron chi connectivity index (χ2n) is 11.1. The van der Waals surface area contributed by atoms with Crippen LogP contribution in [0.25, 0.3) is 10.9 Å². The highest BCUT2D eigenvalue weighted by Crippen LogP contribution is 2.31. The van der Waals surface area contributed by atoms with Crippen LogP contribution in [0.4, 0.5) is 4.79 Å². The summed E-state index contributed by atoms with van der Waals surface area (Å²) in [5, 5.41) is 10.4. The first-order chi connectivity index (χ1) is 16.6. The minimum Gasteiger partial charge on any atom is -0.444 e. The fourth-order valence-electron chi connectivity index (χ4n) is 5.72. The van der Waals surface area contributed by atoms with Crippen molar-refractivity contribution in [3.05, 3.63) is 35.5 Å². The van der Waals surface area contributed by atoms with Crippen LogP contribution in [0.3, 0.4) is 0 Å². The monoisotopic (exact) mass is 478 g/mol. The van der Waals surface area contributed by atoms with Gasteiger partial charge in [0, 0.05) is 36.9 Å². The maximum Gasteiger partial charge on any atom is 0.410 e. The van der Waals surface area contributed by atoms with Crippen molar-refractivity contribution in [3.63, 3.8) is 0 Å². The highest BCUT2D eigenvalue weighted by atomic mass is 16.6. The van der Waals surface area contributed by atoms with Gasteiger partial charge in [0.2, 0.25) is 5.91 Å². The number of carbonyl (C=O) groups is 2. The van der Waals surface area contributed by atoms with Gasteiger partial charge in [-0.1, -0.05) is 13.0 Å². The van der Waals surface area contributed by atoms with E-state index in [0.717, 1.165) is 49.7 Å². The van der Waals surface area contributed by atoms with E-state index in [4.69, 9.17) is 4.74 Å². The summed E-state index contributed by atoms with van der Waals surface area (Å²) in [7, 11) is 0. The van der Waals surface area contributed by atoms with Gasteiger partial charge in [0.25, 0.3) is 0 Å². The molecular weight excluding hydrogens is 440 g/mol. The Morgan fingerprint density at radius 2 is 1.97 bits per heavy atom. The zero-order valence-electron chi connectivity index (χ0n) is 21.7. The first kappa shape index (κ1) is 25.1. The summed E-state index contributed by atoms with van der Waals surface area (Å²) in [6.07, 6.45) is 3.87. The smallest absolute Gasteiger partial charge is 0.410 e. The first-order valence-corrected chi connectivity index (χ1v) is 12.9. The number of ether oxygens (including phenoxy) is 1. The number of carbonyl (C=O) groups excluding carboxylic acids is 2. The molecule has 1 aromatic heterocycles. The number of benzene rings is 1. The van der Waals surface area contributed by atoms with Crippen molar-refractivity contribution < 1.29 is 14.3 Å². The molecular formula is C28H38N4O3. The van der Waals surface area contributed by atoms with E-state index in [1.54, 1.807) is 4.90 Å². The summed E-state index contributed by atoms with van der Waals surface area (Å²) < 4.78 is 7.86. The summed E-state index contributed by atoms with van der Waals surface area (Å²) >= 11 is 0. The number of hydrogen-bond donors (Lipinski definition) is 0. The molecule has 0 bridgehead atoms. The Labute approximate surface area is 208 Å². The molecule has 1 aromatic carbocycles. The lowest BCUT2D eigenvalue weighted by Crippen LogP contribution is -2.50. The molecule has 3 heterocycles. The molecule has 0 saturated carbocycles. The normalized spacial score (nSPS) is 22.6. The zero-order chi connectivity index (χ0) is 25.3. The van der Waals surface area contributed by atoms with Crippen LogP contribution in [0.1, 0.15) is 71.6 Å². The van der Waals surface area contributed by atoms with Gasteiger partial charge in [-0.05, 0) is 89.3 Å². The van der Waals surface area contributed by atoms with Crippen molar-refractivity contribution in [2.45, 2.75) is 91.0 Å². The second-order valence-corrected chi connectivity index (χ2v) is 11.1. The molecule has 2 fully saturated rings. The lowest BCUT2D eigenvalue weighted by atomic mass is 10.0. The summed E-state index contributed by atoms with van der Waals surface area (Å²) in [4.78, 5) is 30.1. The van der Waals surface area contributed by atoms with Crippen molar-refractivity contribution in [2.75, 3.05) is 13.1 Å². The molecule has 188 valence electrons. The standard InChI is InChI=1S/C28H38N4O3/c1-6-30-23(16-21-10-9-20(17-29)15-25(21)30)12-11-22-14-19(2)18-32(22)26(33)24-8-7-13-31(24)27(34)35-28(3,4)5/h9-10,15-16,19,22,24H,6-8,11-14,18H2,1-5H3/t19-,22-,24+/m0/s1. The van der Waals surface area contributed by atoms with E-state index >= 15 is 0 Å². The Balaban J connectivity index is 1.48. The lowest BCUT2D eigenvalue weighted by Gasteiger charge is -2.32. The fraction of sp³-hybridized carbons (Fsp3) is 0.607. The molecule has 35 heavy (non-hydrogen) atoms. The van der Waals surface area contributed by atoms with E-state index in [2.05, 4.69) is 30.6 Å². The summed E-state index contributed by atoms with van der Waals surface area (Å²) in [5.41, 5.74) is 2.42.